The molecule has 0 unspecified atom stereocenters. The minimum atomic E-state index is -4.75. The van der Waals surface area contributed by atoms with Crippen molar-refractivity contribution in [2.45, 2.75) is 6.36 Å². The highest BCUT2D eigenvalue weighted by molar-refractivity contribution is 7.80. The zero-order valence-electron chi connectivity index (χ0n) is 11.6. The number of benzene rings is 2. The second-order valence-electron chi connectivity index (χ2n) is 4.47. The third-order valence-electron chi connectivity index (χ3n) is 2.78. The van der Waals surface area contributed by atoms with E-state index in [4.69, 9.17) is 18.0 Å². The van der Waals surface area contributed by atoms with Crippen molar-refractivity contribution in [2.24, 2.45) is 5.73 Å². The number of anilines is 1. The van der Waals surface area contributed by atoms with Crippen LogP contribution in [0.2, 0.25) is 0 Å². The molecule has 1 amide bonds. The van der Waals surface area contributed by atoms with E-state index in [-0.39, 0.29) is 10.7 Å². The highest BCUT2D eigenvalue weighted by atomic mass is 32.1. The Morgan fingerprint density at radius 2 is 1.52 bits per heavy atom. The lowest BCUT2D eigenvalue weighted by Crippen LogP contribution is -2.17. The van der Waals surface area contributed by atoms with E-state index in [1.54, 1.807) is 24.3 Å². The topological polar surface area (TPSA) is 64.4 Å². The third-order valence-corrected chi connectivity index (χ3v) is 3.01. The van der Waals surface area contributed by atoms with Gasteiger partial charge in [-0.1, -0.05) is 24.4 Å². The molecule has 4 nitrogen and oxygen atoms in total. The predicted octanol–water partition coefficient (Wildman–Crippen LogP) is 3.47. The minimum absolute atomic E-state index is 0.220. The zero-order chi connectivity index (χ0) is 17.0. The van der Waals surface area contributed by atoms with Crippen LogP contribution in [0, 0.1) is 0 Å². The number of hydrogen-bond donors (Lipinski definition) is 2. The maximum absolute atomic E-state index is 12.1. The molecule has 0 bridgehead atoms. The first kappa shape index (κ1) is 16.8. The van der Waals surface area contributed by atoms with Crippen LogP contribution in [0.3, 0.4) is 0 Å². The Hall–Kier alpha value is -2.61. The van der Waals surface area contributed by atoms with Crippen molar-refractivity contribution in [2.75, 3.05) is 5.32 Å². The van der Waals surface area contributed by atoms with Gasteiger partial charge in [0.05, 0.1) is 0 Å². The molecule has 0 saturated carbocycles. The average molecular weight is 340 g/mol. The Balaban J connectivity index is 2.03. The van der Waals surface area contributed by atoms with Gasteiger partial charge in [-0.25, -0.2) is 0 Å². The summed E-state index contributed by atoms with van der Waals surface area (Å²) in [5.41, 5.74) is 6.79. The number of amides is 1. The SMILES string of the molecule is NC(=S)c1ccc(C(=O)Nc2ccc(OC(F)(F)F)cc2)cc1. The van der Waals surface area contributed by atoms with Crippen molar-refractivity contribution >= 4 is 28.8 Å². The highest BCUT2D eigenvalue weighted by Gasteiger charge is 2.30. The van der Waals surface area contributed by atoms with Crippen LogP contribution in [0.1, 0.15) is 15.9 Å². The lowest BCUT2D eigenvalue weighted by Gasteiger charge is -2.10. The van der Waals surface area contributed by atoms with E-state index < -0.39 is 12.3 Å². The fourth-order valence-electron chi connectivity index (χ4n) is 1.73. The Kier molecular flexibility index (Phi) is 4.85. The van der Waals surface area contributed by atoms with Crippen molar-refractivity contribution in [3.8, 4) is 5.75 Å². The summed E-state index contributed by atoms with van der Waals surface area (Å²) in [5.74, 6) is -0.778. The molecular formula is C15H11F3N2O2S. The van der Waals surface area contributed by atoms with E-state index >= 15 is 0 Å². The quantitative estimate of drug-likeness (QED) is 0.837. The average Bonchev–Trinajstić information content (AvgIpc) is 2.48. The predicted molar refractivity (Wildman–Crippen MR) is 83.4 cm³/mol. The maximum atomic E-state index is 12.1. The number of carbonyl (C=O) groups is 1. The van der Waals surface area contributed by atoms with Crippen LogP contribution in [0.25, 0.3) is 0 Å². The third kappa shape index (κ3) is 4.96. The van der Waals surface area contributed by atoms with Gasteiger partial charge < -0.3 is 15.8 Å². The Labute approximate surface area is 135 Å². The highest BCUT2D eigenvalue weighted by Crippen LogP contribution is 2.24. The lowest BCUT2D eigenvalue weighted by molar-refractivity contribution is -0.274. The first-order valence-electron chi connectivity index (χ1n) is 6.31. The van der Waals surface area contributed by atoms with Crippen LogP contribution < -0.4 is 15.8 Å². The van der Waals surface area contributed by atoms with Gasteiger partial charge in [0, 0.05) is 16.8 Å². The number of nitrogens with two attached hydrogens (primary N) is 1. The van der Waals surface area contributed by atoms with Crippen molar-refractivity contribution < 1.29 is 22.7 Å². The minimum Gasteiger partial charge on any atom is -0.406 e. The smallest absolute Gasteiger partial charge is 0.406 e. The van der Waals surface area contributed by atoms with Crippen LogP contribution in [-0.2, 0) is 0 Å². The van der Waals surface area contributed by atoms with Gasteiger partial charge >= 0.3 is 6.36 Å². The Morgan fingerprint density at radius 3 is 2.00 bits per heavy atom. The molecule has 0 saturated heterocycles. The molecule has 0 aromatic heterocycles. The number of nitrogens with one attached hydrogen (secondary N) is 1. The Bertz CT molecular complexity index is 713. The second kappa shape index (κ2) is 6.66. The largest absolute Gasteiger partial charge is 0.573 e. The number of alkyl halides is 3. The molecule has 0 heterocycles. The van der Waals surface area contributed by atoms with E-state index in [2.05, 4.69) is 10.1 Å². The molecule has 23 heavy (non-hydrogen) atoms. The summed E-state index contributed by atoms with van der Waals surface area (Å²) in [6.07, 6.45) is -4.75. The fraction of sp³-hybridized carbons (Fsp3) is 0.0667. The molecule has 0 spiro atoms. The molecular weight excluding hydrogens is 329 g/mol. The van der Waals surface area contributed by atoms with Crippen molar-refractivity contribution in [3.05, 3.63) is 59.7 Å². The molecule has 0 aliphatic rings. The first-order chi connectivity index (χ1) is 10.7. The van der Waals surface area contributed by atoms with E-state index in [0.29, 0.717) is 16.8 Å². The molecule has 0 atom stereocenters. The normalized spacial score (nSPS) is 10.9. The Morgan fingerprint density at radius 1 is 1.00 bits per heavy atom. The summed E-state index contributed by atoms with van der Waals surface area (Å²) >= 11 is 4.81. The lowest BCUT2D eigenvalue weighted by atomic mass is 10.1. The summed E-state index contributed by atoms with van der Waals surface area (Å²) in [4.78, 5) is 12.2. The van der Waals surface area contributed by atoms with Gasteiger partial charge in [0.2, 0.25) is 0 Å². The van der Waals surface area contributed by atoms with E-state index in [9.17, 15) is 18.0 Å². The number of hydrogen-bond acceptors (Lipinski definition) is 3. The van der Waals surface area contributed by atoms with E-state index in [0.717, 1.165) is 12.1 Å². The number of halogens is 3. The molecule has 0 radical (unpaired) electrons. The molecule has 8 heteroatoms. The van der Waals surface area contributed by atoms with Crippen LogP contribution >= 0.6 is 12.2 Å². The molecule has 3 N–H and O–H groups in total. The van der Waals surface area contributed by atoms with Gasteiger partial charge in [-0.3, -0.25) is 4.79 Å². The molecule has 2 rings (SSSR count). The molecule has 0 aliphatic carbocycles. The number of carbonyl (C=O) groups excluding carboxylic acids is 1. The molecule has 0 aliphatic heterocycles. The summed E-state index contributed by atoms with van der Waals surface area (Å²) in [5, 5.41) is 2.56. The molecule has 2 aromatic rings. The molecule has 2 aromatic carbocycles. The van der Waals surface area contributed by atoms with Crippen molar-refractivity contribution in [1.29, 1.82) is 0 Å². The van der Waals surface area contributed by atoms with Crippen LogP contribution in [0.4, 0.5) is 18.9 Å². The molecule has 0 fully saturated rings. The van der Waals surface area contributed by atoms with E-state index in [1.807, 2.05) is 0 Å². The van der Waals surface area contributed by atoms with Gasteiger partial charge in [0.1, 0.15) is 10.7 Å². The van der Waals surface area contributed by atoms with Crippen LogP contribution in [0.15, 0.2) is 48.5 Å². The number of rotatable bonds is 4. The van der Waals surface area contributed by atoms with Gasteiger partial charge in [-0.05, 0) is 36.4 Å². The second-order valence-corrected chi connectivity index (χ2v) is 4.91. The first-order valence-corrected chi connectivity index (χ1v) is 6.72. The summed E-state index contributed by atoms with van der Waals surface area (Å²) in [6.45, 7) is 0. The summed E-state index contributed by atoms with van der Waals surface area (Å²) < 4.78 is 39.9. The van der Waals surface area contributed by atoms with Gasteiger partial charge in [0.25, 0.3) is 5.91 Å². The van der Waals surface area contributed by atoms with Gasteiger partial charge in [-0.15, -0.1) is 13.2 Å². The number of thiocarbonyl (C=S) groups is 1. The van der Waals surface area contributed by atoms with Gasteiger partial charge in [0.15, 0.2) is 0 Å². The monoisotopic (exact) mass is 340 g/mol. The number of ether oxygens (including phenoxy) is 1. The standard InChI is InChI=1S/C15H11F3N2O2S/c16-15(17,18)22-12-7-5-11(6-8-12)20-14(21)10-3-1-9(2-4-10)13(19)23/h1-8H,(H2,19,23)(H,20,21). The summed E-state index contributed by atoms with van der Waals surface area (Å²) in [7, 11) is 0. The van der Waals surface area contributed by atoms with Crippen LogP contribution in [0.5, 0.6) is 5.75 Å². The zero-order valence-corrected chi connectivity index (χ0v) is 12.4. The molecule has 120 valence electrons. The van der Waals surface area contributed by atoms with Gasteiger partial charge in [-0.2, -0.15) is 0 Å². The maximum Gasteiger partial charge on any atom is 0.573 e. The van der Waals surface area contributed by atoms with E-state index in [1.165, 1.54) is 12.1 Å². The van der Waals surface area contributed by atoms with Crippen LogP contribution in [-0.4, -0.2) is 17.3 Å². The fourth-order valence-corrected chi connectivity index (χ4v) is 1.87. The van der Waals surface area contributed by atoms with Crippen molar-refractivity contribution in [1.82, 2.24) is 0 Å². The summed E-state index contributed by atoms with van der Waals surface area (Å²) in [6, 6.07) is 11.1. The van der Waals surface area contributed by atoms with Crippen molar-refractivity contribution in [3.63, 3.8) is 0 Å².